The second-order valence-electron chi connectivity index (χ2n) is 6.72. The van der Waals surface area contributed by atoms with Gasteiger partial charge in [-0.25, -0.2) is 0 Å². The van der Waals surface area contributed by atoms with Gasteiger partial charge < -0.3 is 31.9 Å². The minimum atomic E-state index is -1.24. The van der Waals surface area contributed by atoms with E-state index < -0.39 is 54.3 Å². The Balaban J connectivity index is 5.19. The molecule has 0 saturated carbocycles. The number of carboxylic acid groups (broad SMARTS) is 2. The van der Waals surface area contributed by atoms with Gasteiger partial charge in [0.2, 0.25) is 17.7 Å². The maximum atomic E-state index is 12.6. The number of rotatable bonds is 14. The molecular weight excluding hydrogens is 404 g/mol. The summed E-state index contributed by atoms with van der Waals surface area (Å²) in [6, 6.07) is -3.12. The van der Waals surface area contributed by atoms with E-state index in [2.05, 4.69) is 16.0 Å². The molecule has 0 aliphatic heterocycles. The highest BCUT2D eigenvalue weighted by Crippen LogP contribution is 2.06. The molecule has 0 rings (SSSR count). The number of hydrogen-bond acceptors (Lipinski definition) is 7. The summed E-state index contributed by atoms with van der Waals surface area (Å²) in [6.45, 7) is 2.68. The molecular formula is C17H30N4O7S. The third kappa shape index (κ3) is 11.3. The Morgan fingerprint density at radius 1 is 0.931 bits per heavy atom. The number of carbonyl (C=O) groups excluding carboxylic acids is 3. The smallest absolute Gasteiger partial charge is 0.322 e. The van der Waals surface area contributed by atoms with Gasteiger partial charge in [0.05, 0.1) is 6.04 Å². The van der Waals surface area contributed by atoms with Gasteiger partial charge in [-0.05, 0) is 30.8 Å². The molecule has 0 aromatic carbocycles. The fourth-order valence-corrected chi connectivity index (χ4v) is 2.74. The highest BCUT2D eigenvalue weighted by atomic mass is 32.2. The molecule has 3 amide bonds. The van der Waals surface area contributed by atoms with Gasteiger partial charge in [-0.15, -0.1) is 0 Å². The molecule has 0 aromatic heterocycles. The monoisotopic (exact) mass is 434 g/mol. The molecule has 0 saturated heterocycles. The summed E-state index contributed by atoms with van der Waals surface area (Å²) in [7, 11) is 0. The molecule has 7 N–H and O–H groups in total. The minimum absolute atomic E-state index is 0.191. The van der Waals surface area contributed by atoms with E-state index >= 15 is 0 Å². The van der Waals surface area contributed by atoms with Crippen LogP contribution in [0, 0.1) is 5.92 Å². The van der Waals surface area contributed by atoms with Crippen LogP contribution in [0.3, 0.4) is 0 Å². The van der Waals surface area contributed by atoms with E-state index in [0.717, 1.165) is 0 Å². The summed E-state index contributed by atoms with van der Waals surface area (Å²) in [4.78, 5) is 58.5. The lowest BCUT2D eigenvalue weighted by atomic mass is 10.0. The predicted molar refractivity (Wildman–Crippen MR) is 107 cm³/mol. The van der Waals surface area contributed by atoms with Crippen LogP contribution in [0.15, 0.2) is 0 Å². The highest BCUT2D eigenvalue weighted by molar-refractivity contribution is 7.98. The number of aliphatic carboxylic acids is 2. The second kappa shape index (κ2) is 13.8. The summed E-state index contributed by atoms with van der Waals surface area (Å²) < 4.78 is 0. The van der Waals surface area contributed by atoms with Crippen LogP contribution in [-0.2, 0) is 24.0 Å². The first-order chi connectivity index (χ1) is 13.5. The lowest BCUT2D eigenvalue weighted by Crippen LogP contribution is -2.57. The first kappa shape index (κ1) is 26.7. The van der Waals surface area contributed by atoms with E-state index in [-0.39, 0.29) is 18.8 Å². The van der Waals surface area contributed by atoms with Gasteiger partial charge in [-0.1, -0.05) is 13.8 Å². The zero-order valence-corrected chi connectivity index (χ0v) is 17.6. The molecule has 12 heteroatoms. The third-order valence-electron chi connectivity index (χ3n) is 3.91. The molecule has 0 bridgehead atoms. The molecule has 0 spiro atoms. The van der Waals surface area contributed by atoms with E-state index in [1.165, 1.54) is 11.8 Å². The van der Waals surface area contributed by atoms with E-state index in [4.69, 9.17) is 15.9 Å². The fourth-order valence-electron chi connectivity index (χ4n) is 2.25. The SMILES string of the molecule is CSCCC(N)C(=O)NC(CCC(=O)O)C(=O)NC(C(=O)NCC(=O)O)C(C)C. The van der Waals surface area contributed by atoms with Crippen LogP contribution < -0.4 is 21.7 Å². The van der Waals surface area contributed by atoms with Gasteiger partial charge in [0, 0.05) is 6.42 Å². The summed E-state index contributed by atoms with van der Waals surface area (Å²) in [5.41, 5.74) is 5.78. The van der Waals surface area contributed by atoms with Crippen molar-refractivity contribution in [1.82, 2.24) is 16.0 Å². The Labute approximate surface area is 173 Å². The third-order valence-corrected chi connectivity index (χ3v) is 4.55. The number of carboxylic acids is 2. The molecule has 11 nitrogen and oxygen atoms in total. The van der Waals surface area contributed by atoms with E-state index in [1.54, 1.807) is 13.8 Å². The fraction of sp³-hybridized carbons (Fsp3) is 0.706. The number of amides is 3. The van der Waals surface area contributed by atoms with E-state index in [1.807, 2.05) is 6.26 Å². The van der Waals surface area contributed by atoms with Crippen molar-refractivity contribution >= 4 is 41.4 Å². The first-order valence-corrected chi connectivity index (χ1v) is 10.5. The van der Waals surface area contributed by atoms with Gasteiger partial charge in [0.1, 0.15) is 18.6 Å². The number of nitrogens with two attached hydrogens (primary N) is 1. The van der Waals surface area contributed by atoms with Crippen molar-refractivity contribution in [2.75, 3.05) is 18.6 Å². The summed E-state index contributed by atoms with van der Waals surface area (Å²) in [6.07, 6.45) is 1.67. The van der Waals surface area contributed by atoms with Crippen LogP contribution in [0.4, 0.5) is 0 Å². The molecule has 0 heterocycles. The van der Waals surface area contributed by atoms with Crippen molar-refractivity contribution in [2.24, 2.45) is 11.7 Å². The maximum Gasteiger partial charge on any atom is 0.322 e. The molecule has 0 aliphatic rings. The molecule has 3 atom stereocenters. The summed E-state index contributed by atoms with van der Waals surface area (Å²) in [5.74, 6) is -4.17. The minimum Gasteiger partial charge on any atom is -0.481 e. The number of thioether (sulfide) groups is 1. The Kier molecular flexibility index (Phi) is 12.7. The van der Waals surface area contributed by atoms with Crippen LogP contribution in [-0.4, -0.2) is 76.6 Å². The van der Waals surface area contributed by atoms with Crippen LogP contribution in [0.1, 0.15) is 33.1 Å². The second-order valence-corrected chi connectivity index (χ2v) is 7.71. The van der Waals surface area contributed by atoms with E-state index in [9.17, 15) is 24.0 Å². The zero-order chi connectivity index (χ0) is 22.6. The molecule has 166 valence electrons. The highest BCUT2D eigenvalue weighted by Gasteiger charge is 2.30. The normalized spacial score (nSPS) is 13.8. The topological polar surface area (TPSA) is 188 Å². The summed E-state index contributed by atoms with van der Waals surface area (Å²) >= 11 is 1.50. The number of carbonyl (C=O) groups is 5. The standard InChI is InChI=1S/C17H30N4O7S/c1-9(2)14(17(28)19-8-13(24)25)21-16(27)11(4-5-12(22)23)20-15(26)10(18)6-7-29-3/h9-11,14H,4-8,18H2,1-3H3,(H,19,28)(H,20,26)(H,21,27)(H,22,23)(H,24,25). The Bertz CT molecular complexity index is 600. The van der Waals surface area contributed by atoms with Gasteiger partial charge in [0.15, 0.2) is 0 Å². The molecule has 29 heavy (non-hydrogen) atoms. The van der Waals surface area contributed by atoms with Crippen molar-refractivity contribution < 1.29 is 34.2 Å². The Hall–Kier alpha value is -2.34. The maximum absolute atomic E-state index is 12.6. The van der Waals surface area contributed by atoms with Gasteiger partial charge >= 0.3 is 11.9 Å². The quantitative estimate of drug-likeness (QED) is 0.194. The zero-order valence-electron chi connectivity index (χ0n) is 16.8. The van der Waals surface area contributed by atoms with Gasteiger partial charge in [-0.2, -0.15) is 11.8 Å². The van der Waals surface area contributed by atoms with Crippen molar-refractivity contribution in [1.29, 1.82) is 0 Å². The van der Waals surface area contributed by atoms with Gasteiger partial charge in [0.25, 0.3) is 0 Å². The molecule has 3 unspecified atom stereocenters. The van der Waals surface area contributed by atoms with E-state index in [0.29, 0.717) is 12.2 Å². The molecule has 0 aromatic rings. The lowest BCUT2D eigenvalue weighted by molar-refractivity contribution is -0.139. The Morgan fingerprint density at radius 3 is 2.03 bits per heavy atom. The van der Waals surface area contributed by atoms with Crippen molar-refractivity contribution in [3.05, 3.63) is 0 Å². The Morgan fingerprint density at radius 2 is 1.55 bits per heavy atom. The largest absolute Gasteiger partial charge is 0.481 e. The number of nitrogens with one attached hydrogen (secondary N) is 3. The molecule has 0 aliphatic carbocycles. The van der Waals surface area contributed by atoms with Crippen molar-refractivity contribution in [3.63, 3.8) is 0 Å². The van der Waals surface area contributed by atoms with Crippen molar-refractivity contribution in [3.8, 4) is 0 Å². The van der Waals surface area contributed by atoms with Crippen LogP contribution >= 0.6 is 11.8 Å². The number of hydrogen-bond donors (Lipinski definition) is 6. The molecule has 0 radical (unpaired) electrons. The first-order valence-electron chi connectivity index (χ1n) is 9.06. The average Bonchev–Trinajstić information content (AvgIpc) is 2.64. The summed E-state index contributed by atoms with van der Waals surface area (Å²) in [5, 5.41) is 24.6. The van der Waals surface area contributed by atoms with Gasteiger partial charge in [-0.3, -0.25) is 24.0 Å². The van der Waals surface area contributed by atoms with Crippen LogP contribution in [0.2, 0.25) is 0 Å². The molecule has 0 fully saturated rings. The predicted octanol–water partition coefficient (Wildman–Crippen LogP) is -1.24. The van der Waals surface area contributed by atoms with Crippen LogP contribution in [0.25, 0.3) is 0 Å². The average molecular weight is 435 g/mol. The van der Waals surface area contributed by atoms with Crippen LogP contribution in [0.5, 0.6) is 0 Å². The lowest BCUT2D eigenvalue weighted by Gasteiger charge is -2.25. The van der Waals surface area contributed by atoms with Crippen molar-refractivity contribution in [2.45, 2.75) is 51.2 Å².